The maximum absolute atomic E-state index is 12.1. The number of rotatable bonds is 5. The first kappa shape index (κ1) is 14.3. The standard InChI is InChI=1S/C14H17NO5/c1-9-6-10(7-19-9)14(18)15-11-4-2-3-5-12(11)20-8-13(16)17/h2-5,9-10H,6-8H2,1H3,(H,15,18)(H,16,17). The smallest absolute Gasteiger partial charge is 0.341 e. The van der Waals surface area contributed by atoms with Crippen LogP contribution in [-0.2, 0) is 14.3 Å². The highest BCUT2D eigenvalue weighted by molar-refractivity contribution is 5.94. The number of carbonyl (C=O) groups is 2. The van der Waals surface area contributed by atoms with Crippen LogP contribution in [0.15, 0.2) is 24.3 Å². The van der Waals surface area contributed by atoms with Crippen LogP contribution in [0.1, 0.15) is 13.3 Å². The minimum atomic E-state index is -1.07. The number of carboxylic acid groups (broad SMARTS) is 1. The second kappa shape index (κ2) is 6.38. The molecule has 2 unspecified atom stereocenters. The Bertz CT molecular complexity index is 502. The van der Waals surface area contributed by atoms with Crippen molar-refractivity contribution < 1.29 is 24.2 Å². The van der Waals surface area contributed by atoms with E-state index in [0.717, 1.165) is 0 Å². The van der Waals surface area contributed by atoms with Crippen molar-refractivity contribution in [2.24, 2.45) is 5.92 Å². The Kier molecular flexibility index (Phi) is 4.57. The van der Waals surface area contributed by atoms with Gasteiger partial charge in [-0.15, -0.1) is 0 Å². The van der Waals surface area contributed by atoms with Crippen LogP contribution in [0.2, 0.25) is 0 Å². The minimum Gasteiger partial charge on any atom is -0.480 e. The highest BCUT2D eigenvalue weighted by atomic mass is 16.5. The van der Waals surface area contributed by atoms with Gasteiger partial charge in [-0.2, -0.15) is 0 Å². The number of amides is 1. The molecule has 0 spiro atoms. The van der Waals surface area contributed by atoms with E-state index >= 15 is 0 Å². The molecule has 108 valence electrons. The van der Waals surface area contributed by atoms with Crippen LogP contribution < -0.4 is 10.1 Å². The van der Waals surface area contributed by atoms with Crippen molar-refractivity contribution in [1.82, 2.24) is 0 Å². The van der Waals surface area contributed by atoms with Gasteiger partial charge in [0.05, 0.1) is 24.3 Å². The lowest BCUT2D eigenvalue weighted by Gasteiger charge is -2.13. The van der Waals surface area contributed by atoms with Gasteiger partial charge in [-0.25, -0.2) is 4.79 Å². The Morgan fingerprint density at radius 2 is 2.20 bits per heavy atom. The molecule has 1 aliphatic rings. The second-order valence-electron chi connectivity index (χ2n) is 4.74. The summed E-state index contributed by atoms with van der Waals surface area (Å²) in [7, 11) is 0. The zero-order valence-corrected chi connectivity index (χ0v) is 11.2. The number of para-hydroxylation sites is 2. The molecule has 0 saturated carbocycles. The van der Waals surface area contributed by atoms with Crippen LogP contribution in [0.25, 0.3) is 0 Å². The van der Waals surface area contributed by atoms with Crippen molar-refractivity contribution in [2.45, 2.75) is 19.4 Å². The molecule has 0 bridgehead atoms. The predicted octanol–water partition coefficient (Wildman–Crippen LogP) is 1.51. The van der Waals surface area contributed by atoms with Crippen LogP contribution >= 0.6 is 0 Å². The Labute approximate surface area is 116 Å². The van der Waals surface area contributed by atoms with E-state index in [4.69, 9.17) is 14.6 Å². The fraction of sp³-hybridized carbons (Fsp3) is 0.429. The molecule has 1 fully saturated rings. The number of hydrogen-bond donors (Lipinski definition) is 2. The molecular weight excluding hydrogens is 262 g/mol. The third-order valence-corrected chi connectivity index (χ3v) is 3.07. The molecule has 1 aliphatic heterocycles. The monoisotopic (exact) mass is 279 g/mol. The third kappa shape index (κ3) is 3.71. The van der Waals surface area contributed by atoms with Crippen molar-refractivity contribution in [1.29, 1.82) is 0 Å². The summed E-state index contributed by atoms with van der Waals surface area (Å²) in [6.45, 7) is 1.89. The third-order valence-electron chi connectivity index (χ3n) is 3.07. The molecule has 1 amide bonds. The van der Waals surface area contributed by atoms with Crippen LogP contribution in [-0.4, -0.2) is 36.3 Å². The van der Waals surface area contributed by atoms with Crippen molar-refractivity contribution >= 4 is 17.6 Å². The highest BCUT2D eigenvalue weighted by Crippen LogP contribution is 2.26. The largest absolute Gasteiger partial charge is 0.480 e. The molecule has 6 nitrogen and oxygen atoms in total. The molecule has 1 heterocycles. The first-order valence-electron chi connectivity index (χ1n) is 6.42. The normalized spacial score (nSPS) is 21.4. The van der Waals surface area contributed by atoms with Gasteiger partial charge in [-0.3, -0.25) is 4.79 Å². The number of anilines is 1. The number of ether oxygens (including phenoxy) is 2. The van der Waals surface area contributed by atoms with Gasteiger partial charge < -0.3 is 19.9 Å². The molecule has 1 aromatic carbocycles. The molecular formula is C14H17NO5. The minimum absolute atomic E-state index is 0.0873. The van der Waals surface area contributed by atoms with Gasteiger partial charge >= 0.3 is 5.97 Å². The summed E-state index contributed by atoms with van der Waals surface area (Å²) >= 11 is 0. The van der Waals surface area contributed by atoms with E-state index in [1.807, 2.05) is 6.92 Å². The highest BCUT2D eigenvalue weighted by Gasteiger charge is 2.28. The van der Waals surface area contributed by atoms with Crippen molar-refractivity contribution in [2.75, 3.05) is 18.5 Å². The van der Waals surface area contributed by atoms with Crippen LogP contribution in [0.4, 0.5) is 5.69 Å². The molecule has 6 heteroatoms. The van der Waals surface area contributed by atoms with Crippen molar-refractivity contribution in [3.8, 4) is 5.75 Å². The second-order valence-corrected chi connectivity index (χ2v) is 4.74. The van der Waals surface area contributed by atoms with E-state index < -0.39 is 12.6 Å². The fourth-order valence-electron chi connectivity index (χ4n) is 2.07. The average Bonchev–Trinajstić information content (AvgIpc) is 2.84. The summed E-state index contributed by atoms with van der Waals surface area (Å²) in [5, 5.41) is 11.4. The van der Waals surface area contributed by atoms with Crippen molar-refractivity contribution in [3.63, 3.8) is 0 Å². The lowest BCUT2D eigenvalue weighted by atomic mass is 10.1. The summed E-state index contributed by atoms with van der Waals surface area (Å²) in [6.07, 6.45) is 0.772. The summed E-state index contributed by atoms with van der Waals surface area (Å²) in [5.41, 5.74) is 0.471. The lowest BCUT2D eigenvalue weighted by molar-refractivity contribution is -0.139. The molecule has 2 rings (SSSR count). The molecule has 20 heavy (non-hydrogen) atoms. The number of hydrogen-bond acceptors (Lipinski definition) is 4. The zero-order chi connectivity index (χ0) is 14.5. The molecule has 2 N–H and O–H groups in total. The molecule has 1 aromatic rings. The number of aliphatic carboxylic acids is 1. The number of carbonyl (C=O) groups excluding carboxylic acids is 1. The SMILES string of the molecule is CC1CC(C(=O)Nc2ccccc2OCC(=O)O)CO1. The maximum Gasteiger partial charge on any atom is 0.341 e. The van der Waals surface area contributed by atoms with E-state index in [9.17, 15) is 9.59 Å². The lowest BCUT2D eigenvalue weighted by Crippen LogP contribution is -2.23. The molecule has 0 radical (unpaired) electrons. The Hall–Kier alpha value is -2.08. The Morgan fingerprint density at radius 1 is 1.45 bits per heavy atom. The predicted molar refractivity (Wildman–Crippen MR) is 71.7 cm³/mol. The fourth-order valence-corrected chi connectivity index (χ4v) is 2.07. The summed E-state index contributed by atoms with van der Waals surface area (Å²) < 4.78 is 10.5. The van der Waals surface area contributed by atoms with Crippen LogP contribution in [0.5, 0.6) is 5.75 Å². The van der Waals surface area contributed by atoms with Gasteiger partial charge in [0.2, 0.25) is 5.91 Å². The van der Waals surface area contributed by atoms with Crippen LogP contribution in [0.3, 0.4) is 0 Å². The number of nitrogens with one attached hydrogen (secondary N) is 1. The van der Waals surface area contributed by atoms with Gasteiger partial charge in [0.15, 0.2) is 6.61 Å². The van der Waals surface area contributed by atoms with Gasteiger partial charge in [0.25, 0.3) is 0 Å². The number of benzene rings is 1. The molecule has 2 atom stereocenters. The zero-order valence-electron chi connectivity index (χ0n) is 11.2. The Balaban J connectivity index is 2.01. The van der Waals surface area contributed by atoms with E-state index in [1.165, 1.54) is 0 Å². The number of carboxylic acids is 1. The topological polar surface area (TPSA) is 84.9 Å². The summed E-state index contributed by atoms with van der Waals surface area (Å²) in [5.74, 6) is -1.04. The van der Waals surface area contributed by atoms with E-state index in [0.29, 0.717) is 24.5 Å². The first-order valence-corrected chi connectivity index (χ1v) is 6.42. The van der Waals surface area contributed by atoms with E-state index in [1.54, 1.807) is 24.3 Å². The van der Waals surface area contributed by atoms with Gasteiger partial charge in [0.1, 0.15) is 5.75 Å². The van der Waals surface area contributed by atoms with Crippen LogP contribution in [0, 0.1) is 5.92 Å². The van der Waals surface area contributed by atoms with E-state index in [2.05, 4.69) is 5.32 Å². The maximum atomic E-state index is 12.1. The van der Waals surface area contributed by atoms with E-state index in [-0.39, 0.29) is 17.9 Å². The molecule has 0 aromatic heterocycles. The van der Waals surface area contributed by atoms with Gasteiger partial charge in [0, 0.05) is 0 Å². The molecule has 1 saturated heterocycles. The van der Waals surface area contributed by atoms with Crippen molar-refractivity contribution in [3.05, 3.63) is 24.3 Å². The molecule has 0 aliphatic carbocycles. The summed E-state index contributed by atoms with van der Waals surface area (Å²) in [4.78, 5) is 22.6. The van der Waals surface area contributed by atoms with Gasteiger partial charge in [-0.1, -0.05) is 12.1 Å². The Morgan fingerprint density at radius 3 is 2.85 bits per heavy atom. The first-order chi connectivity index (χ1) is 9.56. The quantitative estimate of drug-likeness (QED) is 0.853. The summed E-state index contributed by atoms with van der Waals surface area (Å²) in [6, 6.07) is 6.76. The average molecular weight is 279 g/mol. The van der Waals surface area contributed by atoms with Gasteiger partial charge in [-0.05, 0) is 25.5 Å².